The Balaban J connectivity index is 1.64. The molecule has 0 saturated carbocycles. The van der Waals surface area contributed by atoms with Gasteiger partial charge in [0.2, 0.25) is 0 Å². The van der Waals surface area contributed by atoms with Crippen LogP contribution in [0, 0.1) is 0 Å². The van der Waals surface area contributed by atoms with Crippen molar-refractivity contribution >= 4 is 28.8 Å². The molecule has 26 heavy (non-hydrogen) atoms. The fourth-order valence-electron chi connectivity index (χ4n) is 2.99. The molecule has 3 aromatic rings. The van der Waals surface area contributed by atoms with Gasteiger partial charge in [0, 0.05) is 41.1 Å². The Bertz CT molecular complexity index is 886. The molecule has 0 aliphatic carbocycles. The number of hydrogen-bond acceptors (Lipinski definition) is 6. The number of morpholine rings is 1. The number of aryl methyl sites for hydroxylation is 1. The maximum Gasteiger partial charge on any atom is 0.161 e. The van der Waals surface area contributed by atoms with Gasteiger partial charge in [0.05, 0.1) is 17.5 Å². The molecule has 0 N–H and O–H groups in total. The number of aromatic nitrogens is 3. The van der Waals surface area contributed by atoms with Crippen LogP contribution in [-0.2, 0) is 11.2 Å². The van der Waals surface area contributed by atoms with Crippen molar-refractivity contribution in [1.82, 2.24) is 15.0 Å². The molecule has 0 amide bonds. The Morgan fingerprint density at radius 3 is 2.81 bits per heavy atom. The van der Waals surface area contributed by atoms with Crippen molar-refractivity contribution in [2.45, 2.75) is 19.4 Å². The van der Waals surface area contributed by atoms with E-state index in [-0.39, 0.29) is 6.10 Å². The van der Waals surface area contributed by atoms with Crippen molar-refractivity contribution in [3.63, 3.8) is 0 Å². The minimum absolute atomic E-state index is 0.0191. The topological polar surface area (TPSA) is 51.1 Å². The summed E-state index contributed by atoms with van der Waals surface area (Å²) in [6.07, 6.45) is 4.41. The van der Waals surface area contributed by atoms with Gasteiger partial charge in [-0.05, 0) is 30.7 Å². The minimum Gasteiger partial charge on any atom is -0.369 e. The molecule has 0 radical (unpaired) electrons. The first-order valence-electron chi connectivity index (χ1n) is 8.63. The molecule has 1 aliphatic heterocycles. The van der Waals surface area contributed by atoms with Crippen LogP contribution in [0.1, 0.15) is 23.6 Å². The first-order valence-corrected chi connectivity index (χ1v) is 9.82. The van der Waals surface area contributed by atoms with Gasteiger partial charge in [0.1, 0.15) is 11.9 Å². The van der Waals surface area contributed by atoms with E-state index in [2.05, 4.69) is 27.9 Å². The van der Waals surface area contributed by atoms with E-state index in [0.717, 1.165) is 51.6 Å². The van der Waals surface area contributed by atoms with Crippen molar-refractivity contribution < 1.29 is 4.74 Å². The number of rotatable bonds is 4. The smallest absolute Gasteiger partial charge is 0.161 e. The lowest BCUT2D eigenvalue weighted by atomic mass is 10.2. The number of ether oxygens (including phenoxy) is 1. The summed E-state index contributed by atoms with van der Waals surface area (Å²) < 4.78 is 6.75. The molecule has 3 aromatic heterocycles. The van der Waals surface area contributed by atoms with E-state index in [1.54, 1.807) is 23.7 Å². The normalized spacial score (nSPS) is 17.5. The fourth-order valence-corrected chi connectivity index (χ4v) is 4.09. The number of nitrogens with zero attached hydrogens (tertiary/aromatic N) is 4. The lowest BCUT2D eigenvalue weighted by molar-refractivity contribution is 0.0418. The first-order chi connectivity index (χ1) is 12.7. The van der Waals surface area contributed by atoms with Crippen LogP contribution in [0.3, 0.4) is 0 Å². The highest BCUT2D eigenvalue weighted by molar-refractivity contribution is 7.16. The average Bonchev–Trinajstić information content (AvgIpc) is 3.15. The molecule has 0 aromatic carbocycles. The molecular weight excluding hydrogens is 368 g/mol. The summed E-state index contributed by atoms with van der Waals surface area (Å²) in [7, 11) is 0. The summed E-state index contributed by atoms with van der Waals surface area (Å²) in [5, 5.41) is 0. The number of anilines is 1. The fraction of sp³-hybridized carbons (Fsp3) is 0.316. The molecule has 1 atom stereocenters. The van der Waals surface area contributed by atoms with E-state index in [4.69, 9.17) is 21.3 Å². The van der Waals surface area contributed by atoms with Crippen molar-refractivity contribution in [2.24, 2.45) is 0 Å². The van der Waals surface area contributed by atoms with Crippen LogP contribution in [0.2, 0.25) is 4.34 Å². The SMILES string of the molecule is CCc1cc(N2CCOC(c3ccc(Cl)s3)C2)nc(-c2ccncc2)n1. The summed E-state index contributed by atoms with van der Waals surface area (Å²) in [6.45, 7) is 4.34. The van der Waals surface area contributed by atoms with Gasteiger partial charge in [-0.15, -0.1) is 11.3 Å². The standard InChI is InChI=1S/C19H19ClN4OS/c1-2-14-11-18(23-19(22-14)13-5-7-21-8-6-13)24-9-10-25-15(12-24)16-3-4-17(20)26-16/h3-8,11,15H,2,9-10,12H2,1H3. The van der Waals surface area contributed by atoms with E-state index in [1.165, 1.54) is 0 Å². The second kappa shape index (κ2) is 7.70. The average molecular weight is 387 g/mol. The highest BCUT2D eigenvalue weighted by Crippen LogP contribution is 2.32. The van der Waals surface area contributed by atoms with Crippen molar-refractivity contribution in [3.05, 3.63) is 57.6 Å². The highest BCUT2D eigenvalue weighted by Gasteiger charge is 2.25. The van der Waals surface area contributed by atoms with E-state index >= 15 is 0 Å². The maximum absolute atomic E-state index is 6.08. The zero-order chi connectivity index (χ0) is 17.9. The number of halogens is 1. The Kier molecular flexibility index (Phi) is 5.15. The maximum atomic E-state index is 6.08. The molecule has 5 nitrogen and oxygen atoms in total. The number of thiophene rings is 1. The lowest BCUT2D eigenvalue weighted by Crippen LogP contribution is -2.38. The third-order valence-electron chi connectivity index (χ3n) is 4.37. The molecule has 1 saturated heterocycles. The summed E-state index contributed by atoms with van der Waals surface area (Å²) in [4.78, 5) is 17.0. The third-order valence-corrected chi connectivity index (χ3v) is 5.69. The third kappa shape index (κ3) is 3.72. The summed E-state index contributed by atoms with van der Waals surface area (Å²) in [5.41, 5.74) is 2.01. The lowest BCUT2D eigenvalue weighted by Gasteiger charge is -2.33. The predicted octanol–water partition coefficient (Wildman–Crippen LogP) is 4.39. The van der Waals surface area contributed by atoms with Crippen LogP contribution < -0.4 is 4.90 Å². The summed E-state index contributed by atoms with van der Waals surface area (Å²) >= 11 is 7.66. The van der Waals surface area contributed by atoms with Crippen LogP contribution in [-0.4, -0.2) is 34.6 Å². The molecule has 7 heteroatoms. The molecule has 1 fully saturated rings. The molecule has 4 heterocycles. The van der Waals surface area contributed by atoms with Crippen LogP contribution in [0.15, 0.2) is 42.7 Å². The van der Waals surface area contributed by atoms with Crippen LogP contribution in [0.25, 0.3) is 11.4 Å². The van der Waals surface area contributed by atoms with Gasteiger partial charge in [0.15, 0.2) is 5.82 Å². The molecule has 4 rings (SSSR count). The molecular formula is C19H19ClN4OS. The van der Waals surface area contributed by atoms with Gasteiger partial charge < -0.3 is 9.64 Å². The second-order valence-electron chi connectivity index (χ2n) is 6.08. The van der Waals surface area contributed by atoms with Crippen LogP contribution in [0.4, 0.5) is 5.82 Å². The zero-order valence-electron chi connectivity index (χ0n) is 14.4. The zero-order valence-corrected chi connectivity index (χ0v) is 16.0. The van der Waals surface area contributed by atoms with E-state index in [1.807, 2.05) is 24.3 Å². The Labute approximate surface area is 161 Å². The molecule has 1 aliphatic rings. The number of hydrogen-bond donors (Lipinski definition) is 0. The summed E-state index contributed by atoms with van der Waals surface area (Å²) in [6, 6.07) is 9.92. The van der Waals surface area contributed by atoms with E-state index in [9.17, 15) is 0 Å². The van der Waals surface area contributed by atoms with Crippen LogP contribution >= 0.6 is 22.9 Å². The van der Waals surface area contributed by atoms with Crippen molar-refractivity contribution in [3.8, 4) is 11.4 Å². The van der Waals surface area contributed by atoms with Gasteiger partial charge in [0.25, 0.3) is 0 Å². The van der Waals surface area contributed by atoms with Crippen molar-refractivity contribution in [1.29, 1.82) is 0 Å². The largest absolute Gasteiger partial charge is 0.369 e. The van der Waals surface area contributed by atoms with Gasteiger partial charge in [-0.3, -0.25) is 4.98 Å². The van der Waals surface area contributed by atoms with Crippen LogP contribution in [0.5, 0.6) is 0 Å². The highest BCUT2D eigenvalue weighted by atomic mass is 35.5. The van der Waals surface area contributed by atoms with Gasteiger partial charge in [-0.25, -0.2) is 9.97 Å². The van der Waals surface area contributed by atoms with Gasteiger partial charge in [-0.1, -0.05) is 18.5 Å². The van der Waals surface area contributed by atoms with E-state index in [0.29, 0.717) is 6.61 Å². The molecule has 0 bridgehead atoms. The first kappa shape index (κ1) is 17.4. The Hall–Kier alpha value is -2.02. The quantitative estimate of drug-likeness (QED) is 0.665. The number of pyridine rings is 1. The second-order valence-corrected chi connectivity index (χ2v) is 7.82. The Morgan fingerprint density at radius 1 is 1.23 bits per heavy atom. The van der Waals surface area contributed by atoms with Gasteiger partial charge in [-0.2, -0.15) is 0 Å². The predicted molar refractivity (Wildman–Crippen MR) is 105 cm³/mol. The molecule has 0 spiro atoms. The van der Waals surface area contributed by atoms with Crippen molar-refractivity contribution in [2.75, 3.05) is 24.6 Å². The summed E-state index contributed by atoms with van der Waals surface area (Å²) in [5.74, 6) is 1.68. The van der Waals surface area contributed by atoms with Gasteiger partial charge >= 0.3 is 0 Å². The minimum atomic E-state index is 0.0191. The Morgan fingerprint density at radius 2 is 2.08 bits per heavy atom. The monoisotopic (exact) mass is 386 g/mol. The van der Waals surface area contributed by atoms with E-state index < -0.39 is 0 Å². The molecule has 1 unspecified atom stereocenters. The molecule has 134 valence electrons.